The van der Waals surface area contributed by atoms with Gasteiger partial charge in [0.1, 0.15) is 22.5 Å². The van der Waals surface area contributed by atoms with Gasteiger partial charge in [0, 0.05) is 45.2 Å². The number of halogens is 1. The first-order chi connectivity index (χ1) is 13.7. The first kappa shape index (κ1) is 18.8. The van der Waals surface area contributed by atoms with Crippen LogP contribution in [0.1, 0.15) is 5.76 Å². The summed E-state index contributed by atoms with van der Waals surface area (Å²) in [5, 5.41) is 1.30. The van der Waals surface area contributed by atoms with Crippen molar-refractivity contribution in [3.8, 4) is 5.75 Å². The fraction of sp³-hybridized carbons (Fsp3) is 0.318. The lowest BCUT2D eigenvalue weighted by atomic mass is 10.1. The third kappa shape index (κ3) is 3.86. The smallest absolute Gasteiger partial charge is 0.196 e. The first-order valence-corrected chi connectivity index (χ1v) is 9.85. The van der Waals surface area contributed by atoms with Gasteiger partial charge in [-0.15, -0.1) is 0 Å². The number of rotatable bonds is 5. The van der Waals surface area contributed by atoms with Crippen molar-refractivity contribution >= 4 is 28.3 Å². The second-order valence-electron chi connectivity index (χ2n) is 6.94. The standard InChI is InChI=1S/C22H23ClN2O3/c1-27-20-7-4-8-21-22(20)19(26)15-16(28-21)9-10-24-11-13-25(14-12-24)18-6-3-2-5-17(18)23/h2-8,15H,9-14H2,1H3. The number of nitrogens with zero attached hydrogens (tertiary/aromatic N) is 2. The minimum atomic E-state index is -0.0581. The van der Waals surface area contributed by atoms with E-state index in [2.05, 4.69) is 15.9 Å². The summed E-state index contributed by atoms with van der Waals surface area (Å²) in [7, 11) is 1.56. The highest BCUT2D eigenvalue weighted by Crippen LogP contribution is 2.26. The fourth-order valence-electron chi connectivity index (χ4n) is 3.71. The molecule has 0 saturated carbocycles. The third-order valence-corrected chi connectivity index (χ3v) is 5.55. The second kappa shape index (κ2) is 8.25. The van der Waals surface area contributed by atoms with Gasteiger partial charge in [-0.3, -0.25) is 9.69 Å². The Morgan fingerprint density at radius 3 is 2.61 bits per heavy atom. The van der Waals surface area contributed by atoms with Crippen LogP contribution >= 0.6 is 11.6 Å². The number of benzene rings is 2. The summed E-state index contributed by atoms with van der Waals surface area (Å²) in [6, 6.07) is 15.0. The molecular formula is C22H23ClN2O3. The molecule has 2 heterocycles. The van der Waals surface area contributed by atoms with Gasteiger partial charge in [0.25, 0.3) is 0 Å². The summed E-state index contributed by atoms with van der Waals surface area (Å²) < 4.78 is 11.2. The van der Waals surface area contributed by atoms with Crippen LogP contribution in [-0.2, 0) is 6.42 Å². The lowest BCUT2D eigenvalue weighted by Gasteiger charge is -2.36. The van der Waals surface area contributed by atoms with Gasteiger partial charge in [-0.1, -0.05) is 29.8 Å². The molecule has 0 bridgehead atoms. The number of para-hydroxylation sites is 1. The van der Waals surface area contributed by atoms with Crippen LogP contribution < -0.4 is 15.1 Å². The molecule has 0 N–H and O–H groups in total. The van der Waals surface area contributed by atoms with Gasteiger partial charge >= 0.3 is 0 Å². The number of hydrogen-bond acceptors (Lipinski definition) is 5. The SMILES string of the molecule is COc1cccc2oc(CCN3CCN(c4ccccc4Cl)CC3)cc(=O)c12. The van der Waals surface area contributed by atoms with Crippen molar-refractivity contribution in [3.05, 3.63) is 69.5 Å². The van der Waals surface area contributed by atoms with Crippen LogP contribution in [0.2, 0.25) is 5.02 Å². The van der Waals surface area contributed by atoms with Gasteiger partial charge < -0.3 is 14.1 Å². The molecule has 5 nitrogen and oxygen atoms in total. The van der Waals surface area contributed by atoms with Gasteiger partial charge in [0.05, 0.1) is 17.8 Å². The highest BCUT2D eigenvalue weighted by atomic mass is 35.5. The van der Waals surface area contributed by atoms with Crippen LogP contribution in [-0.4, -0.2) is 44.7 Å². The molecule has 0 atom stereocenters. The zero-order valence-corrected chi connectivity index (χ0v) is 16.6. The van der Waals surface area contributed by atoms with Crippen LogP contribution in [0.5, 0.6) is 5.75 Å². The van der Waals surface area contributed by atoms with Crippen LogP contribution in [0.25, 0.3) is 11.0 Å². The Labute approximate surface area is 169 Å². The van der Waals surface area contributed by atoms with Crippen molar-refractivity contribution in [1.82, 2.24) is 4.90 Å². The normalized spacial score (nSPS) is 15.1. The Morgan fingerprint density at radius 2 is 1.86 bits per heavy atom. The molecule has 6 heteroatoms. The highest BCUT2D eigenvalue weighted by molar-refractivity contribution is 6.33. The second-order valence-corrected chi connectivity index (χ2v) is 7.35. The van der Waals surface area contributed by atoms with E-state index in [9.17, 15) is 4.79 Å². The number of methoxy groups -OCH3 is 1. The molecule has 4 rings (SSSR count). The Balaban J connectivity index is 1.39. The molecule has 1 aromatic heterocycles. The van der Waals surface area contributed by atoms with Crippen LogP contribution in [0.3, 0.4) is 0 Å². The van der Waals surface area contributed by atoms with Crippen molar-refractivity contribution in [2.24, 2.45) is 0 Å². The first-order valence-electron chi connectivity index (χ1n) is 9.47. The minimum Gasteiger partial charge on any atom is -0.496 e. The van der Waals surface area contributed by atoms with Crippen molar-refractivity contribution in [2.45, 2.75) is 6.42 Å². The van der Waals surface area contributed by atoms with E-state index in [0.717, 1.165) is 43.4 Å². The van der Waals surface area contributed by atoms with E-state index >= 15 is 0 Å². The Hall–Kier alpha value is -2.50. The molecule has 146 valence electrons. The van der Waals surface area contributed by atoms with Crippen LogP contribution in [0.15, 0.2) is 57.7 Å². The van der Waals surface area contributed by atoms with E-state index in [1.807, 2.05) is 30.3 Å². The molecule has 3 aromatic rings. The van der Waals surface area contributed by atoms with Gasteiger partial charge in [0.15, 0.2) is 5.43 Å². The molecule has 0 aliphatic carbocycles. The van der Waals surface area contributed by atoms with Crippen molar-refractivity contribution < 1.29 is 9.15 Å². The van der Waals surface area contributed by atoms with Crippen LogP contribution in [0, 0.1) is 0 Å². The zero-order chi connectivity index (χ0) is 19.5. The van der Waals surface area contributed by atoms with Gasteiger partial charge in [0.2, 0.25) is 0 Å². The maximum Gasteiger partial charge on any atom is 0.196 e. The van der Waals surface area contributed by atoms with E-state index < -0.39 is 0 Å². The van der Waals surface area contributed by atoms with E-state index in [-0.39, 0.29) is 5.43 Å². The molecule has 1 aliphatic heterocycles. The minimum absolute atomic E-state index is 0.0581. The molecule has 0 amide bonds. The highest BCUT2D eigenvalue weighted by Gasteiger charge is 2.19. The van der Waals surface area contributed by atoms with Gasteiger partial charge in [-0.05, 0) is 24.3 Å². The molecule has 1 aliphatic rings. The molecule has 0 spiro atoms. The summed E-state index contributed by atoms with van der Waals surface area (Å²) in [5.41, 5.74) is 1.61. The van der Waals surface area contributed by atoms with Crippen molar-refractivity contribution in [3.63, 3.8) is 0 Å². The number of fused-ring (bicyclic) bond motifs is 1. The molecule has 1 saturated heterocycles. The average molecular weight is 399 g/mol. The van der Waals surface area contributed by atoms with Crippen LogP contribution in [0.4, 0.5) is 5.69 Å². The fourth-order valence-corrected chi connectivity index (χ4v) is 3.97. The number of hydrogen-bond donors (Lipinski definition) is 0. The predicted molar refractivity (Wildman–Crippen MR) is 113 cm³/mol. The lowest BCUT2D eigenvalue weighted by Crippen LogP contribution is -2.47. The Morgan fingerprint density at radius 1 is 1.07 bits per heavy atom. The number of ether oxygens (including phenoxy) is 1. The summed E-state index contributed by atoms with van der Waals surface area (Å²) in [5.74, 6) is 1.26. The van der Waals surface area contributed by atoms with Gasteiger partial charge in [-0.2, -0.15) is 0 Å². The Bertz CT molecular complexity index is 1030. The Kier molecular flexibility index (Phi) is 5.55. The molecule has 0 radical (unpaired) electrons. The van der Waals surface area contributed by atoms with Crippen molar-refractivity contribution in [2.75, 3.05) is 44.7 Å². The quantitative estimate of drug-likeness (QED) is 0.653. The summed E-state index contributed by atoms with van der Waals surface area (Å²) >= 11 is 6.31. The molecule has 1 fully saturated rings. The monoisotopic (exact) mass is 398 g/mol. The molecule has 2 aromatic carbocycles. The zero-order valence-electron chi connectivity index (χ0n) is 15.9. The van der Waals surface area contributed by atoms with Gasteiger partial charge in [-0.25, -0.2) is 0 Å². The molecule has 0 unspecified atom stereocenters. The van der Waals surface area contributed by atoms with Crippen molar-refractivity contribution in [1.29, 1.82) is 0 Å². The number of piperazine rings is 1. The molecular weight excluding hydrogens is 376 g/mol. The maximum atomic E-state index is 12.5. The summed E-state index contributed by atoms with van der Waals surface area (Å²) in [6.45, 7) is 4.63. The van der Waals surface area contributed by atoms with E-state index in [1.54, 1.807) is 19.2 Å². The summed E-state index contributed by atoms with van der Waals surface area (Å²) in [6.07, 6.45) is 0.703. The van der Waals surface area contributed by atoms with E-state index in [1.165, 1.54) is 0 Å². The number of anilines is 1. The van der Waals surface area contributed by atoms with E-state index in [0.29, 0.717) is 28.9 Å². The molecule has 28 heavy (non-hydrogen) atoms. The average Bonchev–Trinajstić information content (AvgIpc) is 2.72. The lowest BCUT2D eigenvalue weighted by molar-refractivity contribution is 0.255. The van der Waals surface area contributed by atoms with E-state index in [4.69, 9.17) is 20.8 Å². The maximum absolute atomic E-state index is 12.5. The third-order valence-electron chi connectivity index (χ3n) is 5.23. The topological polar surface area (TPSA) is 45.9 Å². The predicted octanol–water partition coefficient (Wildman–Crippen LogP) is 3.82. The largest absolute Gasteiger partial charge is 0.496 e. The summed E-state index contributed by atoms with van der Waals surface area (Å²) in [4.78, 5) is 17.2.